The van der Waals surface area contributed by atoms with Crippen LogP contribution in [0.15, 0.2) is 46.9 Å². The smallest absolute Gasteiger partial charge is 0.193 e. The predicted molar refractivity (Wildman–Crippen MR) is 86.3 cm³/mol. The molecule has 3 nitrogen and oxygen atoms in total. The molecule has 2 aromatic carbocycles. The Morgan fingerprint density at radius 2 is 1.81 bits per heavy atom. The van der Waals surface area contributed by atoms with E-state index in [1.165, 1.54) is 0 Å². The number of ketones is 1. The molecule has 0 radical (unpaired) electrons. The zero-order chi connectivity index (χ0) is 15.4. The first-order valence-electron chi connectivity index (χ1n) is 6.66. The summed E-state index contributed by atoms with van der Waals surface area (Å²) in [7, 11) is 1.59. The number of carbonyl (C=O) groups is 1. The molecule has 0 aliphatic rings. The molecule has 0 saturated heterocycles. The fourth-order valence-corrected chi connectivity index (χ4v) is 2.50. The molecule has 0 fully saturated rings. The number of halogens is 1. The highest BCUT2D eigenvalue weighted by Crippen LogP contribution is 2.27. The largest absolute Gasteiger partial charge is 0.496 e. The van der Waals surface area contributed by atoms with Gasteiger partial charge < -0.3 is 9.47 Å². The molecule has 4 heteroatoms. The summed E-state index contributed by atoms with van der Waals surface area (Å²) in [5.74, 6) is 1.35. The van der Waals surface area contributed by atoms with Gasteiger partial charge in [0.2, 0.25) is 0 Å². The van der Waals surface area contributed by atoms with Crippen LogP contribution in [0.5, 0.6) is 11.5 Å². The second-order valence-corrected chi connectivity index (χ2v) is 5.73. The molecule has 2 rings (SSSR count). The lowest BCUT2D eigenvalue weighted by Crippen LogP contribution is -2.07. The monoisotopic (exact) mass is 348 g/mol. The lowest BCUT2D eigenvalue weighted by atomic mass is 10.0. The van der Waals surface area contributed by atoms with Crippen molar-refractivity contribution < 1.29 is 14.3 Å². The normalized spacial score (nSPS) is 10.5. The van der Waals surface area contributed by atoms with Crippen LogP contribution in [-0.2, 0) is 0 Å². The fraction of sp³-hybridized carbons (Fsp3) is 0.235. The standard InChI is InChI=1S/C17H17BrO3/c1-11(2)21-14-6-4-5-12(9-14)17(19)13-7-8-16(20-3)15(18)10-13/h4-11H,1-3H3. The second-order valence-electron chi connectivity index (χ2n) is 4.87. The van der Waals surface area contributed by atoms with Crippen molar-refractivity contribution in [3.63, 3.8) is 0 Å². The first kappa shape index (κ1) is 15.6. The predicted octanol–water partition coefficient (Wildman–Crippen LogP) is 4.48. The number of rotatable bonds is 5. The molecule has 0 aliphatic carbocycles. The number of methoxy groups -OCH3 is 1. The van der Waals surface area contributed by atoms with E-state index in [9.17, 15) is 4.79 Å². The third-order valence-corrected chi connectivity index (χ3v) is 3.50. The van der Waals surface area contributed by atoms with Crippen LogP contribution in [-0.4, -0.2) is 19.0 Å². The molecular formula is C17H17BrO3. The highest BCUT2D eigenvalue weighted by Gasteiger charge is 2.12. The van der Waals surface area contributed by atoms with Gasteiger partial charge in [-0.1, -0.05) is 12.1 Å². The van der Waals surface area contributed by atoms with Crippen LogP contribution >= 0.6 is 15.9 Å². The van der Waals surface area contributed by atoms with Crippen molar-refractivity contribution in [1.82, 2.24) is 0 Å². The molecule has 0 atom stereocenters. The Labute approximate surface area is 133 Å². The van der Waals surface area contributed by atoms with Crippen LogP contribution < -0.4 is 9.47 Å². The summed E-state index contributed by atoms with van der Waals surface area (Å²) in [6.45, 7) is 3.91. The Bertz CT molecular complexity index is 650. The Morgan fingerprint density at radius 3 is 2.43 bits per heavy atom. The zero-order valence-electron chi connectivity index (χ0n) is 12.2. The lowest BCUT2D eigenvalue weighted by molar-refractivity contribution is 0.103. The number of carbonyl (C=O) groups excluding carboxylic acids is 1. The Kier molecular flexibility index (Phi) is 5.02. The third-order valence-electron chi connectivity index (χ3n) is 2.88. The molecule has 0 aromatic heterocycles. The van der Waals surface area contributed by atoms with E-state index >= 15 is 0 Å². The quantitative estimate of drug-likeness (QED) is 0.747. The van der Waals surface area contributed by atoms with Gasteiger partial charge in [-0.25, -0.2) is 0 Å². The molecule has 0 N–H and O–H groups in total. The molecule has 21 heavy (non-hydrogen) atoms. The van der Waals surface area contributed by atoms with Crippen molar-refractivity contribution in [2.45, 2.75) is 20.0 Å². The lowest BCUT2D eigenvalue weighted by Gasteiger charge is -2.11. The highest BCUT2D eigenvalue weighted by molar-refractivity contribution is 9.10. The van der Waals surface area contributed by atoms with E-state index in [0.29, 0.717) is 22.6 Å². The van der Waals surface area contributed by atoms with Crippen molar-refractivity contribution in [2.75, 3.05) is 7.11 Å². The number of hydrogen-bond acceptors (Lipinski definition) is 3. The van der Waals surface area contributed by atoms with Gasteiger partial charge in [0.05, 0.1) is 17.7 Å². The molecule has 0 bridgehead atoms. The maximum Gasteiger partial charge on any atom is 0.193 e. The van der Waals surface area contributed by atoms with E-state index in [0.717, 1.165) is 4.47 Å². The molecular weight excluding hydrogens is 332 g/mol. The minimum absolute atomic E-state index is 0.0486. The summed E-state index contributed by atoms with van der Waals surface area (Å²) in [6, 6.07) is 12.5. The van der Waals surface area contributed by atoms with Crippen molar-refractivity contribution in [2.24, 2.45) is 0 Å². The van der Waals surface area contributed by atoms with Gasteiger partial charge in [-0.2, -0.15) is 0 Å². The first-order chi connectivity index (χ1) is 10.0. The van der Waals surface area contributed by atoms with E-state index in [4.69, 9.17) is 9.47 Å². The first-order valence-corrected chi connectivity index (χ1v) is 7.45. The average Bonchev–Trinajstić information content (AvgIpc) is 2.46. The van der Waals surface area contributed by atoms with Crippen molar-refractivity contribution in [1.29, 1.82) is 0 Å². The topological polar surface area (TPSA) is 35.5 Å². The van der Waals surface area contributed by atoms with Gasteiger partial charge in [0.25, 0.3) is 0 Å². The van der Waals surface area contributed by atoms with Crippen LogP contribution in [0, 0.1) is 0 Å². The van der Waals surface area contributed by atoms with Crippen LogP contribution in [0.2, 0.25) is 0 Å². The fourth-order valence-electron chi connectivity index (χ4n) is 1.96. The van der Waals surface area contributed by atoms with E-state index in [2.05, 4.69) is 15.9 Å². The summed E-state index contributed by atoms with van der Waals surface area (Å²) in [5, 5.41) is 0. The summed E-state index contributed by atoms with van der Waals surface area (Å²) in [5.41, 5.74) is 1.20. The van der Waals surface area contributed by atoms with Crippen LogP contribution in [0.25, 0.3) is 0 Å². The maximum atomic E-state index is 12.5. The molecule has 0 unspecified atom stereocenters. The summed E-state index contributed by atoms with van der Waals surface area (Å²) >= 11 is 3.39. The van der Waals surface area contributed by atoms with Gasteiger partial charge in [0.1, 0.15) is 11.5 Å². The van der Waals surface area contributed by atoms with Crippen molar-refractivity contribution in [3.8, 4) is 11.5 Å². The molecule has 0 aliphatic heterocycles. The van der Waals surface area contributed by atoms with Gasteiger partial charge >= 0.3 is 0 Å². The molecule has 0 heterocycles. The summed E-state index contributed by atoms with van der Waals surface area (Å²) in [6.07, 6.45) is 0.0745. The SMILES string of the molecule is COc1ccc(C(=O)c2cccc(OC(C)C)c2)cc1Br. The molecule has 0 spiro atoms. The molecule has 0 saturated carbocycles. The van der Waals surface area contributed by atoms with E-state index < -0.39 is 0 Å². The van der Waals surface area contributed by atoms with E-state index in [1.807, 2.05) is 26.0 Å². The summed E-state index contributed by atoms with van der Waals surface area (Å²) < 4.78 is 11.5. The number of hydrogen-bond donors (Lipinski definition) is 0. The third kappa shape index (κ3) is 3.85. The number of benzene rings is 2. The second kappa shape index (κ2) is 6.76. The minimum atomic E-state index is -0.0486. The van der Waals surface area contributed by atoms with E-state index in [1.54, 1.807) is 37.4 Å². The molecule has 110 valence electrons. The Hall–Kier alpha value is -1.81. The van der Waals surface area contributed by atoms with Crippen LogP contribution in [0.4, 0.5) is 0 Å². The summed E-state index contributed by atoms with van der Waals surface area (Å²) in [4.78, 5) is 12.5. The van der Waals surface area contributed by atoms with Crippen LogP contribution in [0.1, 0.15) is 29.8 Å². The highest BCUT2D eigenvalue weighted by atomic mass is 79.9. The zero-order valence-corrected chi connectivity index (χ0v) is 13.8. The van der Waals surface area contributed by atoms with Gasteiger partial charge in [-0.3, -0.25) is 4.79 Å². The van der Waals surface area contributed by atoms with Crippen molar-refractivity contribution >= 4 is 21.7 Å². The van der Waals surface area contributed by atoms with Gasteiger partial charge in [-0.15, -0.1) is 0 Å². The van der Waals surface area contributed by atoms with Crippen LogP contribution in [0.3, 0.4) is 0 Å². The Morgan fingerprint density at radius 1 is 1.10 bits per heavy atom. The number of ether oxygens (including phenoxy) is 2. The maximum absolute atomic E-state index is 12.5. The molecule has 2 aromatic rings. The van der Waals surface area contributed by atoms with E-state index in [-0.39, 0.29) is 11.9 Å². The average molecular weight is 349 g/mol. The molecule has 0 amide bonds. The Balaban J connectivity index is 2.29. The van der Waals surface area contributed by atoms with Gasteiger partial charge in [-0.05, 0) is 60.1 Å². The van der Waals surface area contributed by atoms with Gasteiger partial charge in [0, 0.05) is 11.1 Å². The van der Waals surface area contributed by atoms with Crippen molar-refractivity contribution in [3.05, 3.63) is 58.1 Å². The minimum Gasteiger partial charge on any atom is -0.496 e. The van der Waals surface area contributed by atoms with Gasteiger partial charge in [0.15, 0.2) is 5.78 Å².